The monoisotopic (exact) mass is 303 g/mol. The average molecular weight is 303 g/mol. The van der Waals surface area contributed by atoms with Crippen LogP contribution in [-0.2, 0) is 12.8 Å². The third kappa shape index (κ3) is 3.85. The van der Waals surface area contributed by atoms with Crippen LogP contribution in [0.25, 0.3) is 0 Å². The van der Waals surface area contributed by atoms with E-state index in [9.17, 15) is 4.79 Å². The summed E-state index contributed by atoms with van der Waals surface area (Å²) < 4.78 is 12.0. The fourth-order valence-electron chi connectivity index (χ4n) is 2.19. The molecule has 0 saturated carbocycles. The van der Waals surface area contributed by atoms with Gasteiger partial charge in [0.2, 0.25) is 5.91 Å². The maximum absolute atomic E-state index is 12.1. The van der Waals surface area contributed by atoms with Gasteiger partial charge in [-0.25, -0.2) is 4.98 Å². The molecule has 0 amide bonds. The lowest BCUT2D eigenvalue weighted by molar-refractivity contribution is 0.0902. The van der Waals surface area contributed by atoms with Gasteiger partial charge in [0.1, 0.15) is 6.33 Å². The average Bonchev–Trinajstić information content (AvgIpc) is 3.01. The highest BCUT2D eigenvalue weighted by Crippen LogP contribution is 2.27. The van der Waals surface area contributed by atoms with Crippen molar-refractivity contribution in [3.63, 3.8) is 0 Å². The summed E-state index contributed by atoms with van der Waals surface area (Å²) in [5.74, 6) is 1.35. The lowest BCUT2D eigenvalue weighted by atomic mass is 10.1. The third-order valence-corrected chi connectivity index (χ3v) is 3.40. The zero-order valence-electron chi connectivity index (χ0n) is 12.9. The number of carbonyl (C=O) groups excluding carboxylic acids is 1. The highest BCUT2D eigenvalue weighted by Gasteiger charge is 2.09. The van der Waals surface area contributed by atoms with E-state index in [0.717, 1.165) is 11.3 Å². The number of aromatic nitrogens is 2. The number of nitrogens with two attached hydrogens (primary N) is 1. The van der Waals surface area contributed by atoms with Gasteiger partial charge < -0.3 is 15.2 Å². The summed E-state index contributed by atoms with van der Waals surface area (Å²) >= 11 is 0. The standard InChI is InChI=1S/C16H21N3O3/c1-21-14-5-3-12(9-15(14)22-2)4-6-16(20)19-10-13(7-8-17)18-11-19/h3,5,9-11H,4,6-8,17H2,1-2H3. The summed E-state index contributed by atoms with van der Waals surface area (Å²) in [7, 11) is 3.19. The molecule has 2 aromatic rings. The molecule has 0 aliphatic carbocycles. The van der Waals surface area contributed by atoms with Crippen LogP contribution in [0.1, 0.15) is 22.5 Å². The molecular weight excluding hydrogens is 282 g/mol. The van der Waals surface area contributed by atoms with Crippen LogP contribution in [0.15, 0.2) is 30.7 Å². The Balaban J connectivity index is 1.98. The smallest absolute Gasteiger partial charge is 0.232 e. The fraction of sp³-hybridized carbons (Fsp3) is 0.375. The molecule has 0 aliphatic rings. The van der Waals surface area contributed by atoms with Crippen LogP contribution in [-0.4, -0.2) is 36.2 Å². The summed E-state index contributed by atoms with van der Waals surface area (Å²) in [4.78, 5) is 16.3. The molecule has 1 heterocycles. The number of hydrogen-bond acceptors (Lipinski definition) is 5. The van der Waals surface area contributed by atoms with E-state index in [1.165, 1.54) is 4.57 Å². The van der Waals surface area contributed by atoms with Gasteiger partial charge in [-0.2, -0.15) is 0 Å². The molecule has 22 heavy (non-hydrogen) atoms. The second-order valence-electron chi connectivity index (χ2n) is 4.89. The van der Waals surface area contributed by atoms with E-state index in [4.69, 9.17) is 15.2 Å². The minimum Gasteiger partial charge on any atom is -0.493 e. The summed E-state index contributed by atoms with van der Waals surface area (Å²) in [6, 6.07) is 5.66. The van der Waals surface area contributed by atoms with Gasteiger partial charge in [0.15, 0.2) is 11.5 Å². The molecule has 0 fully saturated rings. The van der Waals surface area contributed by atoms with Crippen LogP contribution in [0.2, 0.25) is 0 Å². The maximum atomic E-state index is 12.1. The first kappa shape index (κ1) is 16.0. The molecule has 6 nitrogen and oxygen atoms in total. The van der Waals surface area contributed by atoms with Crippen LogP contribution < -0.4 is 15.2 Å². The lowest BCUT2D eigenvalue weighted by Gasteiger charge is -2.09. The van der Waals surface area contributed by atoms with Gasteiger partial charge in [-0.3, -0.25) is 9.36 Å². The van der Waals surface area contributed by atoms with Gasteiger partial charge >= 0.3 is 0 Å². The van der Waals surface area contributed by atoms with Crippen molar-refractivity contribution in [2.75, 3.05) is 20.8 Å². The molecule has 0 aliphatic heterocycles. The number of aryl methyl sites for hydroxylation is 1. The first-order chi connectivity index (χ1) is 10.7. The number of nitrogens with zero attached hydrogens (tertiary/aromatic N) is 2. The van der Waals surface area contributed by atoms with Crippen molar-refractivity contribution in [1.82, 2.24) is 9.55 Å². The van der Waals surface area contributed by atoms with Crippen molar-refractivity contribution in [1.29, 1.82) is 0 Å². The minimum absolute atomic E-state index is 0.00514. The molecule has 1 aromatic heterocycles. The molecule has 2 N–H and O–H groups in total. The predicted octanol–water partition coefficient (Wildman–Crippen LogP) is 1.67. The van der Waals surface area contributed by atoms with Gasteiger partial charge in [-0.15, -0.1) is 0 Å². The first-order valence-corrected chi connectivity index (χ1v) is 7.15. The number of hydrogen-bond donors (Lipinski definition) is 1. The Labute approximate surface area is 129 Å². The van der Waals surface area contributed by atoms with E-state index >= 15 is 0 Å². The predicted molar refractivity (Wildman–Crippen MR) is 83.5 cm³/mol. The van der Waals surface area contributed by atoms with E-state index in [1.807, 2.05) is 18.2 Å². The number of imidazole rings is 1. The number of carbonyl (C=O) groups is 1. The van der Waals surface area contributed by atoms with Gasteiger partial charge in [-0.1, -0.05) is 6.07 Å². The molecule has 0 spiro atoms. The minimum atomic E-state index is 0.00514. The maximum Gasteiger partial charge on any atom is 0.232 e. The number of ether oxygens (including phenoxy) is 2. The summed E-state index contributed by atoms with van der Waals surface area (Å²) in [6.45, 7) is 0.525. The zero-order valence-corrected chi connectivity index (χ0v) is 12.9. The summed E-state index contributed by atoms with van der Waals surface area (Å²) in [5, 5.41) is 0. The molecular formula is C16H21N3O3. The molecule has 1 aromatic carbocycles. The van der Waals surface area contributed by atoms with E-state index in [0.29, 0.717) is 37.3 Å². The normalized spacial score (nSPS) is 10.5. The second kappa shape index (κ2) is 7.61. The molecule has 118 valence electrons. The van der Waals surface area contributed by atoms with Gasteiger partial charge in [-0.05, 0) is 30.7 Å². The first-order valence-electron chi connectivity index (χ1n) is 7.15. The van der Waals surface area contributed by atoms with Crippen LogP contribution in [0.3, 0.4) is 0 Å². The lowest BCUT2D eigenvalue weighted by Crippen LogP contribution is -2.09. The Morgan fingerprint density at radius 1 is 1.23 bits per heavy atom. The van der Waals surface area contributed by atoms with Crippen molar-refractivity contribution in [2.45, 2.75) is 19.3 Å². The van der Waals surface area contributed by atoms with Gasteiger partial charge in [0.05, 0.1) is 19.9 Å². The Hall–Kier alpha value is -2.34. The van der Waals surface area contributed by atoms with Crippen LogP contribution >= 0.6 is 0 Å². The number of benzene rings is 1. The Morgan fingerprint density at radius 2 is 2.00 bits per heavy atom. The van der Waals surface area contributed by atoms with E-state index in [1.54, 1.807) is 26.7 Å². The highest BCUT2D eigenvalue weighted by molar-refractivity contribution is 5.79. The number of rotatable bonds is 7. The molecule has 0 unspecified atom stereocenters. The fourth-order valence-corrected chi connectivity index (χ4v) is 2.19. The third-order valence-electron chi connectivity index (χ3n) is 3.40. The van der Waals surface area contributed by atoms with E-state index < -0.39 is 0 Å². The molecule has 6 heteroatoms. The Kier molecular flexibility index (Phi) is 5.55. The molecule has 0 bridgehead atoms. The zero-order chi connectivity index (χ0) is 15.9. The van der Waals surface area contributed by atoms with Crippen LogP contribution in [0.5, 0.6) is 11.5 Å². The van der Waals surface area contributed by atoms with Gasteiger partial charge in [0, 0.05) is 19.0 Å². The van der Waals surface area contributed by atoms with Crippen molar-refractivity contribution >= 4 is 5.91 Å². The SMILES string of the molecule is COc1ccc(CCC(=O)n2cnc(CCN)c2)cc1OC. The highest BCUT2D eigenvalue weighted by atomic mass is 16.5. The van der Waals surface area contributed by atoms with Crippen LogP contribution in [0, 0.1) is 0 Å². The molecule has 0 saturated heterocycles. The number of methoxy groups -OCH3 is 2. The Bertz CT molecular complexity index is 637. The van der Waals surface area contributed by atoms with Crippen molar-refractivity contribution in [2.24, 2.45) is 5.73 Å². The molecule has 0 radical (unpaired) electrons. The van der Waals surface area contributed by atoms with Crippen LogP contribution in [0.4, 0.5) is 0 Å². The second-order valence-corrected chi connectivity index (χ2v) is 4.89. The quantitative estimate of drug-likeness (QED) is 0.841. The molecule has 0 atom stereocenters. The Morgan fingerprint density at radius 3 is 2.68 bits per heavy atom. The van der Waals surface area contributed by atoms with Crippen molar-refractivity contribution < 1.29 is 14.3 Å². The van der Waals surface area contributed by atoms with E-state index in [2.05, 4.69) is 4.98 Å². The summed E-state index contributed by atoms with van der Waals surface area (Å²) in [6.07, 6.45) is 4.99. The largest absolute Gasteiger partial charge is 0.493 e. The van der Waals surface area contributed by atoms with Gasteiger partial charge in [0.25, 0.3) is 0 Å². The molecule has 2 rings (SSSR count). The van der Waals surface area contributed by atoms with Crippen molar-refractivity contribution in [3.8, 4) is 11.5 Å². The van der Waals surface area contributed by atoms with Crippen molar-refractivity contribution in [3.05, 3.63) is 42.0 Å². The summed E-state index contributed by atoms with van der Waals surface area (Å²) in [5.41, 5.74) is 7.33. The van der Waals surface area contributed by atoms with E-state index in [-0.39, 0.29) is 5.91 Å². The topological polar surface area (TPSA) is 79.4 Å².